The minimum Gasteiger partial charge on any atom is -0.480 e. The maximum absolute atomic E-state index is 14.8. The van der Waals surface area contributed by atoms with Crippen LogP contribution in [0.5, 0.6) is 17.4 Å². The number of amidine groups is 1. The highest BCUT2D eigenvalue weighted by Crippen LogP contribution is 2.43. The molecule has 1 aliphatic rings. The Kier molecular flexibility index (Phi) is 7.75. The number of hydrogen-bond donors (Lipinski definition) is 1. The van der Waals surface area contributed by atoms with E-state index in [1.165, 1.54) is 29.4 Å². The molecule has 1 aromatic heterocycles. The molecule has 3 aromatic rings. The maximum Gasteiger partial charge on any atom is 0.425 e. The standard InChI is InChI=1S/C25H26ClF4N5O3/c1-5-34-13-35(32-20(34)12-36)16-10-15-8-9-31-24(21(15)19(11-16)37-14(2)25(28,29)30)38-23-17(27)6-7-18(22(23)26)33(3)4/h6-11,14,36H,5,12-13H2,1-4H3. The smallest absolute Gasteiger partial charge is 0.425 e. The first kappa shape index (κ1) is 27.5. The molecule has 0 spiro atoms. The van der Waals surface area contributed by atoms with E-state index < -0.39 is 18.1 Å². The van der Waals surface area contributed by atoms with Gasteiger partial charge in [-0.05, 0) is 43.5 Å². The van der Waals surface area contributed by atoms with Crippen molar-refractivity contribution in [3.8, 4) is 17.4 Å². The summed E-state index contributed by atoms with van der Waals surface area (Å²) in [6, 6.07) is 7.26. The fourth-order valence-corrected chi connectivity index (χ4v) is 4.26. The minimum absolute atomic E-state index is 0.0286. The molecular weight excluding hydrogens is 530 g/mol. The third-order valence-electron chi connectivity index (χ3n) is 5.98. The van der Waals surface area contributed by atoms with Gasteiger partial charge in [0.15, 0.2) is 23.5 Å². The largest absolute Gasteiger partial charge is 0.480 e. The molecule has 0 bridgehead atoms. The van der Waals surface area contributed by atoms with Gasteiger partial charge in [0.05, 0.1) is 16.8 Å². The van der Waals surface area contributed by atoms with Crippen LogP contribution < -0.4 is 19.4 Å². The average Bonchev–Trinajstić information content (AvgIpc) is 3.29. The summed E-state index contributed by atoms with van der Waals surface area (Å²) in [4.78, 5) is 7.63. The normalized spacial score (nSPS) is 14.6. The van der Waals surface area contributed by atoms with E-state index in [-0.39, 0.29) is 41.1 Å². The van der Waals surface area contributed by atoms with Crippen molar-refractivity contribution in [1.29, 1.82) is 0 Å². The number of ether oxygens (including phenoxy) is 2. The van der Waals surface area contributed by atoms with Gasteiger partial charge in [0.2, 0.25) is 5.88 Å². The van der Waals surface area contributed by atoms with Gasteiger partial charge < -0.3 is 24.4 Å². The van der Waals surface area contributed by atoms with Crippen LogP contribution in [0, 0.1) is 5.82 Å². The summed E-state index contributed by atoms with van der Waals surface area (Å²) < 4.78 is 66.4. The predicted molar refractivity (Wildman–Crippen MR) is 138 cm³/mol. The molecular formula is C25H26ClF4N5O3. The number of aliphatic hydroxyl groups excluding tert-OH is 1. The number of anilines is 2. The average molecular weight is 556 g/mol. The van der Waals surface area contributed by atoms with E-state index in [4.69, 9.17) is 21.1 Å². The zero-order valence-electron chi connectivity index (χ0n) is 21.1. The van der Waals surface area contributed by atoms with Gasteiger partial charge in [-0.3, -0.25) is 0 Å². The topological polar surface area (TPSA) is 73.7 Å². The lowest BCUT2D eigenvalue weighted by molar-refractivity contribution is -0.189. The second-order valence-electron chi connectivity index (χ2n) is 8.74. The first-order valence-corrected chi connectivity index (χ1v) is 12.0. The molecule has 1 N–H and O–H groups in total. The second kappa shape index (κ2) is 10.7. The molecule has 38 heavy (non-hydrogen) atoms. The summed E-state index contributed by atoms with van der Waals surface area (Å²) >= 11 is 6.40. The molecule has 2 aromatic carbocycles. The highest BCUT2D eigenvalue weighted by molar-refractivity contribution is 6.34. The van der Waals surface area contributed by atoms with E-state index >= 15 is 0 Å². The van der Waals surface area contributed by atoms with Gasteiger partial charge in [-0.15, -0.1) is 0 Å². The van der Waals surface area contributed by atoms with Crippen molar-refractivity contribution in [2.75, 3.05) is 43.8 Å². The fourth-order valence-electron chi connectivity index (χ4n) is 3.90. The molecule has 8 nitrogen and oxygen atoms in total. The third-order valence-corrected chi connectivity index (χ3v) is 6.34. The van der Waals surface area contributed by atoms with Crippen LogP contribution in [0.15, 0.2) is 41.6 Å². The van der Waals surface area contributed by atoms with Crippen molar-refractivity contribution in [2.45, 2.75) is 26.1 Å². The van der Waals surface area contributed by atoms with Gasteiger partial charge in [-0.25, -0.2) is 14.4 Å². The van der Waals surface area contributed by atoms with E-state index in [0.717, 1.165) is 6.92 Å². The van der Waals surface area contributed by atoms with Gasteiger partial charge in [-0.1, -0.05) is 11.6 Å². The van der Waals surface area contributed by atoms with Crippen molar-refractivity contribution in [1.82, 2.24) is 9.88 Å². The van der Waals surface area contributed by atoms with E-state index in [1.54, 1.807) is 31.1 Å². The van der Waals surface area contributed by atoms with Crippen LogP contribution in [-0.2, 0) is 0 Å². The molecule has 4 rings (SSSR count). The number of aliphatic hydroxyl groups is 1. The fraction of sp³-hybridized carbons (Fsp3) is 0.360. The molecule has 1 atom stereocenters. The van der Waals surface area contributed by atoms with E-state index in [0.29, 0.717) is 29.1 Å². The number of alkyl halides is 3. The summed E-state index contributed by atoms with van der Waals surface area (Å²) in [5.41, 5.74) is 0.888. The Bertz CT molecular complexity index is 1370. The number of aromatic nitrogens is 1. The SMILES string of the molecule is CCN1CN(c2cc(OC(C)C(F)(F)F)c3c(Oc4c(F)ccc(N(C)C)c4Cl)nccc3c2)N=C1CO. The monoisotopic (exact) mass is 555 g/mol. The highest BCUT2D eigenvalue weighted by Gasteiger charge is 2.39. The van der Waals surface area contributed by atoms with Crippen LogP contribution in [0.2, 0.25) is 5.02 Å². The van der Waals surface area contributed by atoms with E-state index in [9.17, 15) is 22.7 Å². The highest BCUT2D eigenvalue weighted by atomic mass is 35.5. The summed E-state index contributed by atoms with van der Waals surface area (Å²) in [7, 11) is 3.43. The van der Waals surface area contributed by atoms with Crippen LogP contribution in [0.4, 0.5) is 28.9 Å². The quantitative estimate of drug-likeness (QED) is 0.362. The Labute approximate surface area is 221 Å². The summed E-state index contributed by atoms with van der Waals surface area (Å²) in [5.74, 6) is -1.06. The number of hydrogen-bond acceptors (Lipinski definition) is 8. The first-order chi connectivity index (χ1) is 17.9. The predicted octanol–water partition coefficient (Wildman–Crippen LogP) is 5.62. The van der Waals surface area contributed by atoms with Crippen molar-refractivity contribution < 1.29 is 32.1 Å². The van der Waals surface area contributed by atoms with E-state index in [2.05, 4.69) is 10.1 Å². The summed E-state index contributed by atoms with van der Waals surface area (Å²) in [6.07, 6.45) is -5.45. The van der Waals surface area contributed by atoms with Crippen molar-refractivity contribution >= 4 is 39.6 Å². The lowest BCUT2D eigenvalue weighted by Gasteiger charge is -2.23. The van der Waals surface area contributed by atoms with Crippen molar-refractivity contribution in [2.24, 2.45) is 5.10 Å². The number of fused-ring (bicyclic) bond motifs is 1. The molecule has 0 amide bonds. The van der Waals surface area contributed by atoms with Crippen molar-refractivity contribution in [3.63, 3.8) is 0 Å². The van der Waals surface area contributed by atoms with Crippen LogP contribution in [0.1, 0.15) is 13.8 Å². The molecule has 204 valence electrons. The molecule has 2 heterocycles. The lowest BCUT2D eigenvalue weighted by Crippen LogP contribution is -2.32. The number of hydrazone groups is 1. The number of benzene rings is 2. The molecule has 0 saturated carbocycles. The van der Waals surface area contributed by atoms with Crippen LogP contribution >= 0.6 is 11.6 Å². The molecule has 0 saturated heterocycles. The molecule has 0 fully saturated rings. The van der Waals surface area contributed by atoms with Gasteiger partial charge >= 0.3 is 6.18 Å². The molecule has 13 heteroatoms. The Balaban J connectivity index is 1.87. The molecule has 1 unspecified atom stereocenters. The maximum atomic E-state index is 14.8. The summed E-state index contributed by atoms with van der Waals surface area (Å²) in [6.45, 7) is 3.31. The number of halogens is 5. The molecule has 1 aliphatic heterocycles. The number of nitrogens with zero attached hydrogens (tertiary/aromatic N) is 5. The Hall–Kier alpha value is -3.51. The Morgan fingerprint density at radius 1 is 1.21 bits per heavy atom. The lowest BCUT2D eigenvalue weighted by atomic mass is 10.1. The van der Waals surface area contributed by atoms with E-state index in [1.807, 2.05) is 11.8 Å². The zero-order valence-corrected chi connectivity index (χ0v) is 21.8. The number of pyridine rings is 1. The first-order valence-electron chi connectivity index (χ1n) is 11.6. The Morgan fingerprint density at radius 3 is 2.55 bits per heavy atom. The van der Waals surface area contributed by atoms with Crippen molar-refractivity contribution in [3.05, 3.63) is 47.4 Å². The van der Waals surface area contributed by atoms with Gasteiger partial charge in [-0.2, -0.15) is 18.3 Å². The van der Waals surface area contributed by atoms with Crippen LogP contribution in [0.3, 0.4) is 0 Å². The number of rotatable bonds is 8. The Morgan fingerprint density at radius 2 is 1.95 bits per heavy atom. The van der Waals surface area contributed by atoms with Gasteiger partial charge in [0, 0.05) is 32.9 Å². The number of likely N-dealkylation sites (N-methyl/N-ethyl adjacent to an activating group) is 1. The van der Waals surface area contributed by atoms with Crippen LogP contribution in [-0.4, -0.2) is 67.0 Å². The van der Waals surface area contributed by atoms with Gasteiger partial charge in [0.1, 0.15) is 24.0 Å². The summed E-state index contributed by atoms with van der Waals surface area (Å²) in [5, 5.41) is 16.0. The second-order valence-corrected chi connectivity index (χ2v) is 9.12. The van der Waals surface area contributed by atoms with Gasteiger partial charge in [0.25, 0.3) is 0 Å². The molecule has 0 aliphatic carbocycles. The van der Waals surface area contributed by atoms with Crippen LogP contribution in [0.25, 0.3) is 10.8 Å². The molecule has 0 radical (unpaired) electrons. The minimum atomic E-state index is -4.66. The zero-order chi connectivity index (χ0) is 27.8. The third kappa shape index (κ3) is 5.37.